The lowest BCUT2D eigenvalue weighted by Crippen LogP contribution is -2.43. The van der Waals surface area contributed by atoms with Gasteiger partial charge in [0.15, 0.2) is 0 Å². The number of amides is 1. The Morgan fingerprint density at radius 2 is 1.91 bits per heavy atom. The van der Waals surface area contributed by atoms with Gasteiger partial charge in [-0.2, -0.15) is 4.31 Å². The molecular weight excluding hydrogens is 467 g/mol. The fraction of sp³-hybridized carbons (Fsp3) is 0.478. The van der Waals surface area contributed by atoms with Crippen LogP contribution < -0.4 is 5.32 Å². The predicted octanol–water partition coefficient (Wildman–Crippen LogP) is 3.98. The Hall–Kier alpha value is -2.30. The first-order chi connectivity index (χ1) is 15.8. The number of hydrogen-bond donors (Lipinski definition) is 1. The van der Waals surface area contributed by atoms with Crippen LogP contribution in [0.25, 0.3) is 0 Å². The van der Waals surface area contributed by atoms with E-state index in [1.807, 2.05) is 0 Å². The van der Waals surface area contributed by atoms with E-state index in [1.165, 1.54) is 27.8 Å². The van der Waals surface area contributed by atoms with Crippen molar-refractivity contribution in [3.05, 3.63) is 46.1 Å². The van der Waals surface area contributed by atoms with Gasteiger partial charge in [0.25, 0.3) is 0 Å². The number of aryl methyl sites for hydroxylation is 1. The van der Waals surface area contributed by atoms with E-state index in [0.29, 0.717) is 30.0 Å². The van der Waals surface area contributed by atoms with Crippen molar-refractivity contribution in [1.82, 2.24) is 4.31 Å². The summed E-state index contributed by atoms with van der Waals surface area (Å²) in [6.45, 7) is 2.32. The molecule has 2 heterocycles. The van der Waals surface area contributed by atoms with Gasteiger partial charge in [-0.25, -0.2) is 17.6 Å². The number of nitrogens with one attached hydrogen (secondary N) is 1. The third-order valence-electron chi connectivity index (χ3n) is 6.09. The zero-order chi connectivity index (χ0) is 23.6. The maximum atomic E-state index is 13.2. The number of nitrogens with zero attached hydrogens (tertiary/aromatic N) is 1. The molecule has 1 aromatic carbocycles. The highest BCUT2D eigenvalue weighted by molar-refractivity contribution is 7.89. The molecule has 0 bridgehead atoms. The van der Waals surface area contributed by atoms with E-state index in [1.54, 1.807) is 6.92 Å². The second kappa shape index (κ2) is 9.90. The van der Waals surface area contributed by atoms with Crippen LogP contribution in [0.3, 0.4) is 0 Å². The second-order valence-electron chi connectivity index (χ2n) is 8.28. The molecule has 178 valence electrons. The van der Waals surface area contributed by atoms with Crippen LogP contribution >= 0.6 is 11.3 Å². The number of carbonyl (C=O) groups is 2. The largest absolute Gasteiger partial charge is 0.462 e. The molecule has 1 atom stereocenters. The molecule has 1 saturated heterocycles. The monoisotopic (exact) mass is 494 g/mol. The van der Waals surface area contributed by atoms with Gasteiger partial charge in [0.05, 0.1) is 23.0 Å². The minimum atomic E-state index is -3.83. The van der Waals surface area contributed by atoms with Crippen LogP contribution in [-0.4, -0.2) is 44.3 Å². The Balaban J connectivity index is 1.53. The van der Waals surface area contributed by atoms with E-state index in [2.05, 4.69) is 5.32 Å². The molecule has 0 unspecified atom stereocenters. The van der Waals surface area contributed by atoms with Crippen molar-refractivity contribution in [3.63, 3.8) is 0 Å². The number of thiophene rings is 1. The first-order valence-corrected chi connectivity index (χ1v) is 13.4. The Kier molecular flexibility index (Phi) is 7.16. The number of halogens is 1. The maximum Gasteiger partial charge on any atom is 0.341 e. The normalized spacial score (nSPS) is 19.0. The smallest absolute Gasteiger partial charge is 0.341 e. The molecule has 2 aromatic rings. The van der Waals surface area contributed by atoms with Crippen LogP contribution in [0.15, 0.2) is 29.2 Å². The summed E-state index contributed by atoms with van der Waals surface area (Å²) in [5.41, 5.74) is 1.40. The molecule has 1 aliphatic carbocycles. The molecule has 33 heavy (non-hydrogen) atoms. The van der Waals surface area contributed by atoms with Gasteiger partial charge in [-0.3, -0.25) is 4.79 Å². The zero-order valence-corrected chi connectivity index (χ0v) is 20.1. The van der Waals surface area contributed by atoms with Crippen LogP contribution in [-0.2, 0) is 32.4 Å². The molecule has 0 radical (unpaired) electrons. The van der Waals surface area contributed by atoms with Gasteiger partial charge in [-0.05, 0) is 75.3 Å². The number of anilines is 1. The molecule has 0 saturated carbocycles. The Morgan fingerprint density at radius 3 is 2.64 bits per heavy atom. The molecule has 1 aromatic heterocycles. The number of fused-ring (bicyclic) bond motifs is 1. The van der Waals surface area contributed by atoms with Gasteiger partial charge in [0.1, 0.15) is 10.8 Å². The third kappa shape index (κ3) is 4.97. The van der Waals surface area contributed by atoms with Gasteiger partial charge in [0, 0.05) is 18.0 Å². The highest BCUT2D eigenvalue weighted by Crippen LogP contribution is 2.39. The van der Waals surface area contributed by atoms with Gasteiger partial charge < -0.3 is 10.1 Å². The number of piperidine rings is 1. The number of rotatable bonds is 6. The number of sulfonamides is 1. The van der Waals surface area contributed by atoms with Crippen molar-refractivity contribution in [2.24, 2.45) is 5.92 Å². The highest BCUT2D eigenvalue weighted by atomic mass is 32.2. The van der Waals surface area contributed by atoms with Crippen LogP contribution in [0.1, 0.15) is 53.4 Å². The number of esters is 1. The summed E-state index contributed by atoms with van der Waals surface area (Å²) in [5.74, 6) is -1.81. The lowest BCUT2D eigenvalue weighted by Gasteiger charge is -2.31. The molecule has 1 N–H and O–H groups in total. The van der Waals surface area contributed by atoms with E-state index in [-0.39, 0.29) is 24.0 Å². The van der Waals surface area contributed by atoms with Crippen molar-refractivity contribution in [2.75, 3.05) is 25.0 Å². The predicted molar refractivity (Wildman–Crippen MR) is 123 cm³/mol. The number of carbonyl (C=O) groups excluding carboxylic acids is 2. The topological polar surface area (TPSA) is 92.8 Å². The van der Waals surface area contributed by atoms with E-state index < -0.39 is 27.7 Å². The average molecular weight is 495 g/mol. The molecule has 1 amide bonds. The molecular formula is C23H27FN2O5S2. The summed E-state index contributed by atoms with van der Waals surface area (Å²) >= 11 is 1.41. The molecule has 0 spiro atoms. The van der Waals surface area contributed by atoms with Crippen molar-refractivity contribution >= 4 is 38.2 Å². The Morgan fingerprint density at radius 1 is 1.18 bits per heavy atom. The first-order valence-electron chi connectivity index (χ1n) is 11.2. The fourth-order valence-electron chi connectivity index (χ4n) is 4.42. The fourth-order valence-corrected chi connectivity index (χ4v) is 7.22. The minimum absolute atomic E-state index is 0.000451. The van der Waals surface area contributed by atoms with Gasteiger partial charge >= 0.3 is 5.97 Å². The van der Waals surface area contributed by atoms with Gasteiger partial charge in [0.2, 0.25) is 15.9 Å². The van der Waals surface area contributed by atoms with E-state index in [4.69, 9.17) is 4.74 Å². The van der Waals surface area contributed by atoms with E-state index in [9.17, 15) is 22.4 Å². The lowest BCUT2D eigenvalue weighted by molar-refractivity contribution is -0.120. The molecule has 4 rings (SSSR count). The van der Waals surface area contributed by atoms with Crippen molar-refractivity contribution in [3.8, 4) is 0 Å². The van der Waals surface area contributed by atoms with Crippen molar-refractivity contribution in [1.29, 1.82) is 0 Å². The summed E-state index contributed by atoms with van der Waals surface area (Å²) in [7, 11) is -3.83. The quantitative estimate of drug-likeness (QED) is 0.613. The summed E-state index contributed by atoms with van der Waals surface area (Å²) in [4.78, 5) is 26.9. The lowest BCUT2D eigenvalue weighted by atomic mass is 9.95. The standard InChI is InChI=1S/C23H27FN2O5S2/c1-2-31-23(28)20-18-7-3-4-8-19(18)32-22(20)25-21(27)15-6-5-13-26(14-15)33(29,30)17-11-9-16(24)10-12-17/h9-12,15H,2-8,13-14H2,1H3,(H,25,27)/t15-/m1/s1. The maximum absolute atomic E-state index is 13.2. The number of hydrogen-bond acceptors (Lipinski definition) is 6. The van der Waals surface area contributed by atoms with E-state index >= 15 is 0 Å². The SMILES string of the molecule is CCOC(=O)c1c(NC(=O)[C@@H]2CCCN(S(=O)(=O)c3ccc(F)cc3)C2)sc2c1CCCC2. The molecule has 1 fully saturated rings. The number of benzene rings is 1. The second-order valence-corrected chi connectivity index (χ2v) is 11.3. The van der Waals surface area contributed by atoms with Crippen molar-refractivity contribution in [2.45, 2.75) is 50.3 Å². The Labute approximate surface area is 197 Å². The third-order valence-corrected chi connectivity index (χ3v) is 9.18. The molecule has 7 nitrogen and oxygen atoms in total. The van der Waals surface area contributed by atoms with Gasteiger partial charge in [-0.15, -0.1) is 11.3 Å². The first kappa shape index (κ1) is 23.8. The zero-order valence-electron chi connectivity index (χ0n) is 18.4. The highest BCUT2D eigenvalue weighted by Gasteiger charge is 2.35. The summed E-state index contributed by atoms with van der Waals surface area (Å²) < 4.78 is 45.7. The summed E-state index contributed by atoms with van der Waals surface area (Å²) in [6.07, 6.45) is 4.76. The van der Waals surface area contributed by atoms with Crippen LogP contribution in [0.5, 0.6) is 0 Å². The molecule has 1 aliphatic heterocycles. The summed E-state index contributed by atoms with van der Waals surface area (Å²) in [6, 6.07) is 4.68. The average Bonchev–Trinajstić information content (AvgIpc) is 3.17. The Bertz CT molecular complexity index is 1140. The molecule has 10 heteroatoms. The van der Waals surface area contributed by atoms with Crippen LogP contribution in [0.4, 0.5) is 9.39 Å². The van der Waals surface area contributed by atoms with Gasteiger partial charge in [-0.1, -0.05) is 0 Å². The van der Waals surface area contributed by atoms with Crippen LogP contribution in [0, 0.1) is 11.7 Å². The summed E-state index contributed by atoms with van der Waals surface area (Å²) in [5, 5.41) is 3.39. The molecule has 2 aliphatic rings. The van der Waals surface area contributed by atoms with E-state index in [0.717, 1.165) is 48.3 Å². The van der Waals surface area contributed by atoms with Crippen molar-refractivity contribution < 1.29 is 27.1 Å². The number of ether oxygens (including phenoxy) is 1. The van der Waals surface area contributed by atoms with Crippen LogP contribution in [0.2, 0.25) is 0 Å². The minimum Gasteiger partial charge on any atom is -0.462 e.